The molecule has 168 valence electrons. The van der Waals surface area contributed by atoms with Crippen molar-refractivity contribution in [1.82, 2.24) is 10.3 Å². The van der Waals surface area contributed by atoms with Crippen LogP contribution in [0, 0.1) is 6.92 Å². The van der Waals surface area contributed by atoms with Gasteiger partial charge in [0, 0.05) is 41.9 Å². The van der Waals surface area contributed by atoms with Crippen LogP contribution in [0.2, 0.25) is 0 Å². The maximum atomic E-state index is 12.3. The van der Waals surface area contributed by atoms with Gasteiger partial charge in [0.1, 0.15) is 11.3 Å². The monoisotopic (exact) mass is 463 g/mol. The maximum absolute atomic E-state index is 12.3. The van der Waals surface area contributed by atoms with Gasteiger partial charge in [0.15, 0.2) is 11.7 Å². The minimum atomic E-state index is -0.433. The fourth-order valence-corrected chi connectivity index (χ4v) is 3.92. The second-order valence-electron chi connectivity index (χ2n) is 7.39. The lowest BCUT2D eigenvalue weighted by Gasteiger charge is -2.07. The molecule has 0 aliphatic heterocycles. The highest BCUT2D eigenvalue weighted by Crippen LogP contribution is 2.26. The van der Waals surface area contributed by atoms with E-state index in [-0.39, 0.29) is 18.4 Å². The van der Waals surface area contributed by atoms with Crippen molar-refractivity contribution in [2.24, 2.45) is 0 Å². The molecule has 0 saturated heterocycles. The standard InChI is InChI=1S/C24H21N3O5S/c1-14-9-23(30)32-21-10-18(7-8-19(14)21)31-12-22(29)27-24-26-20(13-33-24)17-5-3-16(4-6-17)11-25-15(2)28/h3-10,13H,11-12H2,1-2H3,(H,25,28)(H,26,27,29). The molecule has 0 bridgehead atoms. The number of amides is 2. The van der Waals surface area contributed by atoms with E-state index in [2.05, 4.69) is 15.6 Å². The largest absolute Gasteiger partial charge is 0.484 e. The smallest absolute Gasteiger partial charge is 0.336 e. The third-order valence-corrected chi connectivity index (χ3v) is 5.59. The molecule has 9 heteroatoms. The fourth-order valence-electron chi connectivity index (χ4n) is 3.18. The van der Waals surface area contributed by atoms with Crippen LogP contribution in [0.15, 0.2) is 63.1 Å². The first-order valence-corrected chi connectivity index (χ1v) is 11.0. The highest BCUT2D eigenvalue weighted by atomic mass is 32.1. The maximum Gasteiger partial charge on any atom is 0.336 e. The molecule has 8 nitrogen and oxygen atoms in total. The Hall–Kier alpha value is -3.98. The van der Waals surface area contributed by atoms with Crippen LogP contribution in [0.5, 0.6) is 5.75 Å². The molecular formula is C24H21N3O5S. The molecule has 0 saturated carbocycles. The summed E-state index contributed by atoms with van der Waals surface area (Å²) in [6.45, 7) is 3.56. The summed E-state index contributed by atoms with van der Waals surface area (Å²) in [6, 6.07) is 14.2. The molecule has 4 rings (SSSR count). The first-order chi connectivity index (χ1) is 15.9. The summed E-state index contributed by atoms with van der Waals surface area (Å²) in [6.07, 6.45) is 0. The molecule has 2 heterocycles. The lowest BCUT2D eigenvalue weighted by molar-refractivity contribution is -0.119. The van der Waals surface area contributed by atoms with Gasteiger partial charge in [0.25, 0.3) is 5.91 Å². The van der Waals surface area contributed by atoms with E-state index in [0.29, 0.717) is 23.0 Å². The quantitative estimate of drug-likeness (QED) is 0.403. The minimum Gasteiger partial charge on any atom is -0.484 e. The van der Waals surface area contributed by atoms with Crippen LogP contribution in [0.3, 0.4) is 0 Å². The fraction of sp³-hybridized carbons (Fsp3) is 0.167. The number of anilines is 1. The van der Waals surface area contributed by atoms with Crippen molar-refractivity contribution in [1.29, 1.82) is 0 Å². The zero-order valence-corrected chi connectivity index (χ0v) is 18.8. The number of aromatic nitrogens is 1. The molecule has 0 aliphatic rings. The third-order valence-electron chi connectivity index (χ3n) is 4.83. The van der Waals surface area contributed by atoms with Crippen molar-refractivity contribution in [2.45, 2.75) is 20.4 Å². The van der Waals surface area contributed by atoms with Gasteiger partial charge in [-0.3, -0.25) is 14.9 Å². The number of fused-ring (bicyclic) bond motifs is 1. The average molecular weight is 464 g/mol. The van der Waals surface area contributed by atoms with Gasteiger partial charge in [0.05, 0.1) is 5.69 Å². The minimum absolute atomic E-state index is 0.0785. The van der Waals surface area contributed by atoms with E-state index in [0.717, 1.165) is 27.8 Å². The number of carbonyl (C=O) groups is 2. The van der Waals surface area contributed by atoms with Crippen molar-refractivity contribution in [2.75, 3.05) is 11.9 Å². The van der Waals surface area contributed by atoms with Crippen LogP contribution in [-0.2, 0) is 16.1 Å². The van der Waals surface area contributed by atoms with E-state index in [9.17, 15) is 14.4 Å². The molecule has 2 N–H and O–H groups in total. The number of thiazole rings is 1. The predicted molar refractivity (Wildman–Crippen MR) is 126 cm³/mol. The summed E-state index contributed by atoms with van der Waals surface area (Å²) in [4.78, 5) is 39.3. The summed E-state index contributed by atoms with van der Waals surface area (Å²) in [7, 11) is 0. The number of nitrogens with zero attached hydrogens (tertiary/aromatic N) is 1. The number of benzene rings is 2. The Bertz CT molecular complexity index is 1380. The molecule has 0 unspecified atom stereocenters. The van der Waals surface area contributed by atoms with Gasteiger partial charge in [0.2, 0.25) is 5.91 Å². The first kappa shape index (κ1) is 22.2. The number of rotatable bonds is 7. The number of hydrogen-bond donors (Lipinski definition) is 2. The van der Waals surface area contributed by atoms with Crippen LogP contribution < -0.4 is 21.0 Å². The molecule has 0 spiro atoms. The molecule has 4 aromatic rings. The molecule has 2 amide bonds. The summed E-state index contributed by atoms with van der Waals surface area (Å²) in [5, 5.41) is 8.60. The van der Waals surface area contributed by atoms with E-state index in [4.69, 9.17) is 9.15 Å². The summed E-state index contributed by atoms with van der Waals surface area (Å²) in [5.41, 5.74) is 3.41. The number of carbonyl (C=O) groups excluding carboxylic acids is 2. The second kappa shape index (κ2) is 9.66. The first-order valence-electron chi connectivity index (χ1n) is 10.1. The molecule has 33 heavy (non-hydrogen) atoms. The van der Waals surface area contributed by atoms with Gasteiger partial charge in [-0.15, -0.1) is 11.3 Å². The van der Waals surface area contributed by atoms with Gasteiger partial charge in [-0.1, -0.05) is 24.3 Å². The highest BCUT2D eigenvalue weighted by Gasteiger charge is 2.10. The second-order valence-corrected chi connectivity index (χ2v) is 8.25. The summed E-state index contributed by atoms with van der Waals surface area (Å²) < 4.78 is 10.7. The normalized spacial score (nSPS) is 10.7. The van der Waals surface area contributed by atoms with Gasteiger partial charge in [-0.05, 0) is 30.2 Å². The van der Waals surface area contributed by atoms with E-state index < -0.39 is 5.63 Å². The van der Waals surface area contributed by atoms with Crippen LogP contribution >= 0.6 is 11.3 Å². The van der Waals surface area contributed by atoms with E-state index in [1.807, 2.05) is 36.6 Å². The van der Waals surface area contributed by atoms with Crippen molar-refractivity contribution < 1.29 is 18.7 Å². The summed E-state index contributed by atoms with van der Waals surface area (Å²) >= 11 is 1.31. The molecule has 0 aliphatic carbocycles. The van der Waals surface area contributed by atoms with Crippen LogP contribution in [0.1, 0.15) is 18.1 Å². The van der Waals surface area contributed by atoms with Gasteiger partial charge >= 0.3 is 5.63 Å². The van der Waals surface area contributed by atoms with Crippen molar-refractivity contribution in [3.63, 3.8) is 0 Å². The molecule has 0 radical (unpaired) electrons. The van der Waals surface area contributed by atoms with Crippen LogP contribution in [-0.4, -0.2) is 23.4 Å². The van der Waals surface area contributed by atoms with Crippen molar-refractivity contribution >= 4 is 39.3 Å². The number of nitrogens with one attached hydrogen (secondary N) is 2. The number of aryl methyl sites for hydroxylation is 1. The van der Waals surface area contributed by atoms with Crippen LogP contribution in [0.25, 0.3) is 22.2 Å². The molecular weight excluding hydrogens is 442 g/mol. The Kier molecular flexibility index (Phi) is 6.50. The Morgan fingerprint density at radius 1 is 1.12 bits per heavy atom. The highest BCUT2D eigenvalue weighted by molar-refractivity contribution is 7.14. The summed E-state index contributed by atoms with van der Waals surface area (Å²) in [5.74, 6) is -0.0109. The lowest BCUT2D eigenvalue weighted by Crippen LogP contribution is -2.20. The zero-order valence-electron chi connectivity index (χ0n) is 18.0. The molecule has 2 aromatic heterocycles. The van der Waals surface area contributed by atoms with Crippen molar-refractivity contribution in [3.05, 3.63) is 75.5 Å². The van der Waals surface area contributed by atoms with Gasteiger partial charge in [-0.25, -0.2) is 9.78 Å². The Balaban J connectivity index is 1.34. The van der Waals surface area contributed by atoms with E-state index in [1.165, 1.54) is 24.3 Å². The molecule has 2 aromatic carbocycles. The Morgan fingerprint density at radius 3 is 2.67 bits per heavy atom. The van der Waals surface area contributed by atoms with E-state index >= 15 is 0 Å². The Labute approximate surface area is 193 Å². The van der Waals surface area contributed by atoms with Crippen LogP contribution in [0.4, 0.5) is 5.13 Å². The third kappa shape index (κ3) is 5.64. The molecule has 0 atom stereocenters. The SMILES string of the molecule is CC(=O)NCc1ccc(-c2csc(NC(=O)COc3ccc4c(C)cc(=O)oc4c3)n2)cc1. The predicted octanol–water partition coefficient (Wildman–Crippen LogP) is 3.88. The average Bonchev–Trinajstić information content (AvgIpc) is 3.24. The van der Waals surface area contributed by atoms with Gasteiger partial charge < -0.3 is 14.5 Å². The topological polar surface area (TPSA) is 111 Å². The Morgan fingerprint density at radius 2 is 1.91 bits per heavy atom. The number of ether oxygens (including phenoxy) is 1. The zero-order chi connectivity index (χ0) is 23.4. The molecule has 0 fully saturated rings. The van der Waals surface area contributed by atoms with Gasteiger partial charge in [-0.2, -0.15) is 0 Å². The number of hydrogen-bond acceptors (Lipinski definition) is 7. The van der Waals surface area contributed by atoms with Crippen molar-refractivity contribution in [3.8, 4) is 17.0 Å². The van der Waals surface area contributed by atoms with E-state index in [1.54, 1.807) is 18.2 Å². The lowest BCUT2D eigenvalue weighted by atomic mass is 10.1.